The number of amides is 1. The van der Waals surface area contributed by atoms with Crippen molar-refractivity contribution >= 4 is 17.6 Å². The average Bonchev–Trinajstić information content (AvgIpc) is 3.15. The van der Waals surface area contributed by atoms with Crippen LogP contribution in [-0.4, -0.2) is 18.5 Å². The van der Waals surface area contributed by atoms with Crippen molar-refractivity contribution in [2.75, 3.05) is 11.9 Å². The minimum atomic E-state index is -0.995. The summed E-state index contributed by atoms with van der Waals surface area (Å²) >= 11 is 0. The Morgan fingerprint density at radius 1 is 1.07 bits per heavy atom. The summed E-state index contributed by atoms with van der Waals surface area (Å²) in [6.07, 6.45) is 2.73. The Labute approximate surface area is 158 Å². The molecule has 0 spiro atoms. The molecule has 1 fully saturated rings. The Hall–Kier alpha value is -2.69. The van der Waals surface area contributed by atoms with Crippen LogP contribution in [0.25, 0.3) is 0 Å². The largest absolute Gasteiger partial charge is 0.455 e. The number of hydrogen-bond donors (Lipinski definition) is 1. The topological polar surface area (TPSA) is 55.4 Å². The van der Waals surface area contributed by atoms with Gasteiger partial charge in [0.1, 0.15) is 5.82 Å². The van der Waals surface area contributed by atoms with Crippen LogP contribution >= 0.6 is 0 Å². The maximum Gasteiger partial charge on any atom is 0.317 e. The maximum absolute atomic E-state index is 14.3. The van der Waals surface area contributed by atoms with Crippen molar-refractivity contribution < 1.29 is 18.7 Å². The van der Waals surface area contributed by atoms with Gasteiger partial charge in [0, 0.05) is 11.3 Å². The van der Waals surface area contributed by atoms with Crippen LogP contribution in [0, 0.1) is 19.7 Å². The lowest BCUT2D eigenvalue weighted by atomic mass is 9.78. The Kier molecular flexibility index (Phi) is 5.59. The molecule has 0 unspecified atom stereocenters. The molecule has 0 radical (unpaired) electrons. The van der Waals surface area contributed by atoms with E-state index in [1.54, 1.807) is 24.3 Å². The zero-order valence-electron chi connectivity index (χ0n) is 15.7. The first-order valence-electron chi connectivity index (χ1n) is 9.22. The van der Waals surface area contributed by atoms with E-state index >= 15 is 0 Å². The Balaban J connectivity index is 1.69. The van der Waals surface area contributed by atoms with Crippen molar-refractivity contribution in [3.8, 4) is 0 Å². The summed E-state index contributed by atoms with van der Waals surface area (Å²) in [4.78, 5) is 25.1. The zero-order chi connectivity index (χ0) is 19.4. The predicted octanol–water partition coefficient (Wildman–Crippen LogP) is 4.44. The van der Waals surface area contributed by atoms with E-state index in [4.69, 9.17) is 4.74 Å². The van der Waals surface area contributed by atoms with Gasteiger partial charge in [-0.05, 0) is 49.9 Å². The van der Waals surface area contributed by atoms with Gasteiger partial charge in [0.25, 0.3) is 5.91 Å². The number of hydrogen-bond acceptors (Lipinski definition) is 3. The fourth-order valence-corrected chi connectivity index (χ4v) is 3.75. The van der Waals surface area contributed by atoms with Crippen LogP contribution in [0.4, 0.5) is 10.1 Å². The molecule has 0 aromatic heterocycles. The standard InChI is InChI=1S/C22H24FNO3/c1-15-8-7-11-19(16(15)2)24-20(25)14-27-21(26)22(12-5-6-13-22)17-9-3-4-10-18(17)23/h3-4,7-11H,5-6,12-14H2,1-2H3,(H,24,25). The summed E-state index contributed by atoms with van der Waals surface area (Å²) in [6, 6.07) is 11.9. The fraction of sp³-hybridized carbons (Fsp3) is 0.364. The highest BCUT2D eigenvalue weighted by Crippen LogP contribution is 2.43. The molecule has 0 atom stereocenters. The molecule has 0 bridgehead atoms. The highest BCUT2D eigenvalue weighted by atomic mass is 19.1. The van der Waals surface area contributed by atoms with Crippen LogP contribution in [-0.2, 0) is 19.7 Å². The van der Waals surface area contributed by atoms with Crippen LogP contribution in [0.2, 0.25) is 0 Å². The van der Waals surface area contributed by atoms with E-state index in [0.717, 1.165) is 24.0 Å². The summed E-state index contributed by atoms with van der Waals surface area (Å²) < 4.78 is 19.7. The van der Waals surface area contributed by atoms with Crippen molar-refractivity contribution in [2.45, 2.75) is 44.9 Å². The number of benzene rings is 2. The van der Waals surface area contributed by atoms with E-state index in [1.807, 2.05) is 26.0 Å². The third kappa shape index (κ3) is 3.87. The maximum atomic E-state index is 14.3. The van der Waals surface area contributed by atoms with Crippen molar-refractivity contribution in [3.05, 3.63) is 65.0 Å². The lowest BCUT2D eigenvalue weighted by molar-refractivity contribution is -0.153. The van der Waals surface area contributed by atoms with Gasteiger partial charge >= 0.3 is 5.97 Å². The van der Waals surface area contributed by atoms with Crippen molar-refractivity contribution in [2.24, 2.45) is 0 Å². The van der Waals surface area contributed by atoms with Crippen LogP contribution < -0.4 is 5.32 Å². The lowest BCUT2D eigenvalue weighted by Gasteiger charge is -2.27. The Morgan fingerprint density at radius 2 is 1.78 bits per heavy atom. The molecule has 5 heteroatoms. The van der Waals surface area contributed by atoms with E-state index < -0.39 is 23.1 Å². The van der Waals surface area contributed by atoms with Crippen molar-refractivity contribution in [3.63, 3.8) is 0 Å². The Bertz CT molecular complexity index is 856. The van der Waals surface area contributed by atoms with Gasteiger partial charge in [-0.3, -0.25) is 9.59 Å². The molecule has 1 amide bonds. The molecule has 0 heterocycles. The van der Waals surface area contributed by atoms with Gasteiger partial charge in [-0.2, -0.15) is 0 Å². The number of carbonyl (C=O) groups is 2. The summed E-state index contributed by atoms with van der Waals surface area (Å²) in [5.41, 5.74) is 2.10. The van der Waals surface area contributed by atoms with Gasteiger partial charge in [-0.1, -0.05) is 43.2 Å². The number of nitrogens with one attached hydrogen (secondary N) is 1. The van der Waals surface area contributed by atoms with Gasteiger partial charge < -0.3 is 10.1 Å². The van der Waals surface area contributed by atoms with Crippen LogP contribution in [0.3, 0.4) is 0 Å². The van der Waals surface area contributed by atoms with E-state index in [9.17, 15) is 14.0 Å². The number of ether oxygens (including phenoxy) is 1. The molecule has 0 aliphatic heterocycles. The molecule has 2 aromatic rings. The molecule has 1 aliphatic rings. The van der Waals surface area contributed by atoms with E-state index in [1.165, 1.54) is 6.07 Å². The Morgan fingerprint density at radius 3 is 2.48 bits per heavy atom. The first kappa shape index (κ1) is 19.1. The predicted molar refractivity (Wildman–Crippen MR) is 102 cm³/mol. The molecule has 1 saturated carbocycles. The molecule has 1 aliphatic carbocycles. The minimum Gasteiger partial charge on any atom is -0.455 e. The number of aryl methyl sites for hydroxylation is 1. The first-order chi connectivity index (χ1) is 12.9. The summed E-state index contributed by atoms with van der Waals surface area (Å²) in [5, 5.41) is 2.77. The van der Waals surface area contributed by atoms with E-state index in [0.29, 0.717) is 24.1 Å². The average molecular weight is 369 g/mol. The number of esters is 1. The highest BCUT2D eigenvalue weighted by molar-refractivity contribution is 5.94. The third-order valence-electron chi connectivity index (χ3n) is 5.45. The van der Waals surface area contributed by atoms with Gasteiger partial charge in [0.05, 0.1) is 5.41 Å². The summed E-state index contributed by atoms with van der Waals surface area (Å²) in [7, 11) is 0. The van der Waals surface area contributed by atoms with Gasteiger partial charge in [0.15, 0.2) is 6.61 Å². The van der Waals surface area contributed by atoms with Crippen molar-refractivity contribution in [1.82, 2.24) is 0 Å². The minimum absolute atomic E-state index is 0.363. The van der Waals surface area contributed by atoms with Gasteiger partial charge in [-0.25, -0.2) is 4.39 Å². The summed E-state index contributed by atoms with van der Waals surface area (Å²) in [6.45, 7) is 3.49. The van der Waals surface area contributed by atoms with E-state index in [-0.39, 0.29) is 6.61 Å². The molecular weight excluding hydrogens is 345 g/mol. The second-order valence-electron chi connectivity index (χ2n) is 7.14. The molecule has 1 N–H and O–H groups in total. The number of carbonyl (C=O) groups excluding carboxylic acids is 2. The fourth-order valence-electron chi connectivity index (χ4n) is 3.75. The second kappa shape index (κ2) is 7.91. The lowest BCUT2D eigenvalue weighted by Crippen LogP contribution is -2.37. The van der Waals surface area contributed by atoms with Gasteiger partial charge in [-0.15, -0.1) is 0 Å². The molecule has 27 heavy (non-hydrogen) atoms. The normalized spacial score (nSPS) is 15.4. The molecular formula is C22H24FNO3. The number of anilines is 1. The van der Waals surface area contributed by atoms with Crippen LogP contribution in [0.5, 0.6) is 0 Å². The molecule has 142 valence electrons. The molecule has 2 aromatic carbocycles. The highest BCUT2D eigenvalue weighted by Gasteiger charge is 2.45. The third-order valence-corrected chi connectivity index (χ3v) is 5.45. The smallest absolute Gasteiger partial charge is 0.317 e. The molecule has 0 saturated heterocycles. The SMILES string of the molecule is Cc1cccc(NC(=O)COC(=O)C2(c3ccccc3F)CCCC2)c1C. The number of halogens is 1. The van der Waals surface area contributed by atoms with Crippen LogP contribution in [0.15, 0.2) is 42.5 Å². The van der Waals surface area contributed by atoms with E-state index in [2.05, 4.69) is 5.32 Å². The monoisotopic (exact) mass is 369 g/mol. The van der Waals surface area contributed by atoms with Crippen molar-refractivity contribution in [1.29, 1.82) is 0 Å². The summed E-state index contributed by atoms with van der Waals surface area (Å²) in [5.74, 6) is -1.34. The number of rotatable bonds is 5. The van der Waals surface area contributed by atoms with Gasteiger partial charge in [0.2, 0.25) is 0 Å². The molecule has 4 nitrogen and oxygen atoms in total. The first-order valence-corrected chi connectivity index (χ1v) is 9.22. The van der Waals surface area contributed by atoms with Crippen LogP contribution in [0.1, 0.15) is 42.4 Å². The quantitative estimate of drug-likeness (QED) is 0.793. The molecule has 3 rings (SSSR count). The second-order valence-corrected chi connectivity index (χ2v) is 7.14. The zero-order valence-corrected chi connectivity index (χ0v) is 15.7.